The topological polar surface area (TPSA) is 119 Å². The van der Waals surface area contributed by atoms with E-state index in [9.17, 15) is 13.9 Å². The lowest BCUT2D eigenvalue weighted by atomic mass is 9.30. The second-order valence-corrected chi connectivity index (χ2v) is 9.56. The lowest BCUT2D eigenvalue weighted by Crippen LogP contribution is -2.76. The van der Waals surface area contributed by atoms with Crippen LogP contribution in [0.5, 0.6) is 5.75 Å². The third-order valence-electron chi connectivity index (χ3n) is 7.26. The molecule has 3 saturated carbocycles. The van der Waals surface area contributed by atoms with Gasteiger partial charge in [-0.05, 0) is 64.9 Å². The molecule has 2 bridgehead atoms. The van der Waals surface area contributed by atoms with Crippen LogP contribution in [0.15, 0.2) is 48.8 Å². The van der Waals surface area contributed by atoms with Crippen LogP contribution in [-0.4, -0.2) is 49.2 Å². The molecule has 3 aliphatic rings. The molecule has 8 nitrogen and oxygen atoms in total. The quantitative estimate of drug-likeness (QED) is 0.309. The fourth-order valence-corrected chi connectivity index (χ4v) is 5.62. The monoisotopic (exact) mass is 493 g/mol. The SMILES string of the molecule is N[C@H](O)COc1ccc(C23CC(C(F)(F)[C@@](O)(Cn4cnnn4)c4ccc(F)cc4F)(C2)C3)cc1. The van der Waals surface area contributed by atoms with Crippen molar-refractivity contribution in [2.24, 2.45) is 11.1 Å². The average Bonchev–Trinajstić information content (AvgIpc) is 3.23. The van der Waals surface area contributed by atoms with Crippen molar-refractivity contribution in [3.8, 4) is 5.75 Å². The number of nitrogens with zero attached hydrogens (tertiary/aromatic N) is 4. The number of halogens is 4. The van der Waals surface area contributed by atoms with Crippen molar-refractivity contribution in [2.75, 3.05) is 6.61 Å². The van der Waals surface area contributed by atoms with Gasteiger partial charge in [0.15, 0.2) is 5.60 Å². The number of ether oxygens (including phenoxy) is 1. The highest BCUT2D eigenvalue weighted by molar-refractivity contribution is 5.44. The first-order valence-corrected chi connectivity index (χ1v) is 10.9. The van der Waals surface area contributed by atoms with Gasteiger partial charge in [0, 0.05) is 17.0 Å². The van der Waals surface area contributed by atoms with E-state index in [4.69, 9.17) is 15.6 Å². The number of nitrogens with two attached hydrogens (primary N) is 1. The van der Waals surface area contributed by atoms with Gasteiger partial charge in [-0.2, -0.15) is 0 Å². The predicted octanol–water partition coefficient (Wildman–Crippen LogP) is 2.25. The minimum absolute atomic E-state index is 0.0788. The highest BCUT2D eigenvalue weighted by Gasteiger charge is 2.82. The molecule has 0 unspecified atom stereocenters. The zero-order chi connectivity index (χ0) is 25.1. The van der Waals surface area contributed by atoms with Crippen LogP contribution in [0.3, 0.4) is 0 Å². The zero-order valence-corrected chi connectivity index (χ0v) is 18.4. The first-order chi connectivity index (χ1) is 16.5. The third kappa shape index (κ3) is 3.58. The van der Waals surface area contributed by atoms with Crippen LogP contribution in [-0.2, 0) is 17.6 Å². The second-order valence-electron chi connectivity index (χ2n) is 9.56. The largest absolute Gasteiger partial charge is 0.489 e. The van der Waals surface area contributed by atoms with Gasteiger partial charge in [-0.25, -0.2) is 22.2 Å². The summed E-state index contributed by atoms with van der Waals surface area (Å²) in [6.07, 6.45) is 0.159. The number of aliphatic hydroxyl groups is 2. The fourth-order valence-electron chi connectivity index (χ4n) is 5.62. The van der Waals surface area contributed by atoms with E-state index in [1.54, 1.807) is 24.3 Å². The molecule has 35 heavy (non-hydrogen) atoms. The first-order valence-electron chi connectivity index (χ1n) is 10.9. The van der Waals surface area contributed by atoms with Crippen molar-refractivity contribution in [1.29, 1.82) is 0 Å². The molecular weight excluding hydrogens is 470 g/mol. The average molecular weight is 493 g/mol. The molecule has 1 heterocycles. The molecule has 0 aliphatic heterocycles. The Kier molecular flexibility index (Phi) is 5.38. The Bertz CT molecular complexity index is 1200. The van der Waals surface area contributed by atoms with Crippen molar-refractivity contribution in [1.82, 2.24) is 20.2 Å². The number of aromatic nitrogens is 4. The predicted molar refractivity (Wildman–Crippen MR) is 113 cm³/mol. The fraction of sp³-hybridized carbons (Fsp3) is 0.435. The normalized spacial score (nSPS) is 25.8. The molecular formula is C23H23F4N5O3. The van der Waals surface area contributed by atoms with E-state index in [1.807, 2.05) is 0 Å². The van der Waals surface area contributed by atoms with E-state index in [0.717, 1.165) is 28.7 Å². The molecule has 0 saturated heterocycles. The van der Waals surface area contributed by atoms with E-state index < -0.39 is 52.3 Å². The van der Waals surface area contributed by atoms with Crippen molar-refractivity contribution in [3.05, 3.63) is 71.6 Å². The van der Waals surface area contributed by atoms with E-state index >= 15 is 8.78 Å². The number of hydrogen-bond acceptors (Lipinski definition) is 7. The molecule has 3 aromatic rings. The third-order valence-corrected chi connectivity index (χ3v) is 7.26. The number of rotatable bonds is 9. The number of benzene rings is 2. The van der Waals surface area contributed by atoms with Crippen LogP contribution in [0.4, 0.5) is 17.6 Å². The Balaban J connectivity index is 1.41. The van der Waals surface area contributed by atoms with Crippen molar-refractivity contribution in [3.63, 3.8) is 0 Å². The van der Waals surface area contributed by atoms with E-state index in [2.05, 4.69) is 15.5 Å². The van der Waals surface area contributed by atoms with Gasteiger partial charge < -0.3 is 20.7 Å². The minimum atomic E-state index is -3.79. The Hall–Kier alpha value is -3.09. The lowest BCUT2D eigenvalue weighted by molar-refractivity contribution is -0.347. The highest BCUT2D eigenvalue weighted by Crippen LogP contribution is 2.80. The first kappa shape index (κ1) is 23.6. The summed E-state index contributed by atoms with van der Waals surface area (Å²) in [5, 5.41) is 30.9. The maximum atomic E-state index is 16.2. The van der Waals surface area contributed by atoms with Crippen molar-refractivity contribution in [2.45, 2.75) is 49.0 Å². The molecule has 186 valence electrons. The summed E-state index contributed by atoms with van der Waals surface area (Å²) < 4.78 is 66.8. The molecule has 0 amide bonds. The lowest BCUT2D eigenvalue weighted by Gasteiger charge is -2.74. The van der Waals surface area contributed by atoms with Crippen LogP contribution < -0.4 is 10.5 Å². The van der Waals surface area contributed by atoms with Crippen LogP contribution in [0.1, 0.15) is 30.4 Å². The van der Waals surface area contributed by atoms with Gasteiger partial charge in [-0.15, -0.1) is 5.10 Å². The van der Waals surface area contributed by atoms with Gasteiger partial charge in [0.05, 0.1) is 6.54 Å². The molecule has 3 aliphatic carbocycles. The second kappa shape index (κ2) is 7.97. The van der Waals surface area contributed by atoms with Gasteiger partial charge >= 0.3 is 0 Å². The zero-order valence-electron chi connectivity index (χ0n) is 18.4. The number of hydrogen-bond donors (Lipinski definition) is 3. The summed E-state index contributed by atoms with van der Waals surface area (Å²) in [6, 6.07) is 9.01. The Morgan fingerprint density at radius 2 is 1.80 bits per heavy atom. The molecule has 3 fully saturated rings. The summed E-state index contributed by atoms with van der Waals surface area (Å²) in [7, 11) is 0. The van der Waals surface area contributed by atoms with Gasteiger partial charge in [-0.3, -0.25) is 0 Å². The van der Waals surface area contributed by atoms with Gasteiger partial charge in [0.25, 0.3) is 5.92 Å². The summed E-state index contributed by atoms with van der Waals surface area (Å²) in [6.45, 7) is -0.900. The molecule has 0 spiro atoms. The number of alkyl halides is 2. The summed E-state index contributed by atoms with van der Waals surface area (Å²) in [5.41, 5.74) is 0.285. The number of tetrazole rings is 1. The van der Waals surface area contributed by atoms with E-state index in [0.29, 0.717) is 11.8 Å². The molecule has 12 heteroatoms. The van der Waals surface area contributed by atoms with Gasteiger partial charge in [0.1, 0.15) is 36.5 Å². The van der Waals surface area contributed by atoms with E-state index in [1.165, 1.54) is 0 Å². The Morgan fingerprint density at radius 3 is 2.37 bits per heavy atom. The smallest absolute Gasteiger partial charge is 0.287 e. The summed E-state index contributed by atoms with van der Waals surface area (Å²) in [5.74, 6) is -5.53. The van der Waals surface area contributed by atoms with Crippen LogP contribution >= 0.6 is 0 Å². The minimum Gasteiger partial charge on any atom is -0.489 e. The van der Waals surface area contributed by atoms with Crippen molar-refractivity contribution >= 4 is 0 Å². The highest BCUT2D eigenvalue weighted by atomic mass is 19.3. The summed E-state index contributed by atoms with van der Waals surface area (Å²) >= 11 is 0. The molecule has 2 aromatic carbocycles. The molecule has 2 atom stereocenters. The molecule has 4 N–H and O–H groups in total. The maximum Gasteiger partial charge on any atom is 0.287 e. The standard InChI is InChI=1S/C23H23F4N5O3/c24-15-3-6-17(18(25)7-15)22(34,12-32-13-29-30-31-32)23(26,27)21-9-20(10-21,11-21)14-1-4-16(5-2-14)35-8-19(28)33/h1-7,13,19,33-34H,8-12,28H2/t19-,20?,21?,22-/m1/s1. The van der Waals surface area contributed by atoms with E-state index in [-0.39, 0.29) is 25.9 Å². The molecule has 6 rings (SSSR count). The summed E-state index contributed by atoms with van der Waals surface area (Å²) in [4.78, 5) is 0. The Labute approximate surface area is 197 Å². The van der Waals surface area contributed by atoms with Crippen LogP contribution in [0.2, 0.25) is 0 Å². The number of aliphatic hydroxyl groups excluding tert-OH is 1. The Morgan fingerprint density at radius 1 is 1.11 bits per heavy atom. The molecule has 0 radical (unpaired) electrons. The van der Waals surface area contributed by atoms with Gasteiger partial charge in [-0.1, -0.05) is 12.1 Å². The maximum absolute atomic E-state index is 16.2. The van der Waals surface area contributed by atoms with Crippen molar-refractivity contribution < 1.29 is 32.5 Å². The van der Waals surface area contributed by atoms with Gasteiger partial charge in [0.2, 0.25) is 0 Å². The van der Waals surface area contributed by atoms with Crippen LogP contribution in [0, 0.1) is 17.0 Å². The van der Waals surface area contributed by atoms with Crippen LogP contribution in [0.25, 0.3) is 0 Å². The molecule has 1 aromatic heterocycles.